The summed E-state index contributed by atoms with van der Waals surface area (Å²) >= 11 is 0. The number of hydrogen-bond acceptors (Lipinski definition) is 3. The van der Waals surface area contributed by atoms with Gasteiger partial charge in [-0.05, 0) is 37.8 Å². The van der Waals surface area contributed by atoms with Gasteiger partial charge in [0, 0.05) is 38.8 Å². The van der Waals surface area contributed by atoms with Gasteiger partial charge < -0.3 is 20.1 Å². The molecule has 1 aliphatic heterocycles. The van der Waals surface area contributed by atoms with Crippen LogP contribution in [0.3, 0.4) is 0 Å². The van der Waals surface area contributed by atoms with Crippen LogP contribution in [0.25, 0.3) is 0 Å². The van der Waals surface area contributed by atoms with Crippen LogP contribution in [-0.4, -0.2) is 52.0 Å². The van der Waals surface area contributed by atoms with Gasteiger partial charge in [0.2, 0.25) is 0 Å². The third-order valence-corrected chi connectivity index (χ3v) is 4.08. The molecule has 0 amide bonds. The lowest BCUT2D eigenvalue weighted by atomic mass is 10.1. The minimum absolute atomic E-state index is 0.156. The Morgan fingerprint density at radius 1 is 1.36 bits per heavy atom. The molecule has 2 rings (SSSR count). The van der Waals surface area contributed by atoms with E-state index in [1.165, 1.54) is 6.07 Å². The maximum absolute atomic E-state index is 13.6. The predicted molar refractivity (Wildman–Crippen MR) is 98.4 cm³/mol. The molecule has 0 bridgehead atoms. The van der Waals surface area contributed by atoms with Crippen molar-refractivity contribution in [3.05, 3.63) is 35.6 Å². The van der Waals surface area contributed by atoms with Gasteiger partial charge >= 0.3 is 0 Å². The number of guanidine groups is 1. The highest BCUT2D eigenvalue weighted by Crippen LogP contribution is 2.12. The number of nitrogens with zero attached hydrogens (tertiary/aromatic N) is 1. The van der Waals surface area contributed by atoms with Gasteiger partial charge in [0.25, 0.3) is 0 Å². The second-order valence-electron chi connectivity index (χ2n) is 6.19. The number of hydrogen-bond donors (Lipinski definition) is 2. The fourth-order valence-corrected chi connectivity index (χ4v) is 2.68. The first-order valence-electron chi connectivity index (χ1n) is 9.20. The summed E-state index contributed by atoms with van der Waals surface area (Å²) in [5.41, 5.74) is 0.718. The zero-order valence-electron chi connectivity index (χ0n) is 15.1. The molecule has 2 N–H and O–H groups in total. The Morgan fingerprint density at radius 2 is 2.24 bits per heavy atom. The lowest BCUT2D eigenvalue weighted by molar-refractivity contribution is 0.0893. The molecular weight excluding hydrogens is 321 g/mol. The average Bonchev–Trinajstić information content (AvgIpc) is 3.13. The topological polar surface area (TPSA) is 54.9 Å². The molecule has 1 fully saturated rings. The molecule has 1 aliphatic rings. The van der Waals surface area contributed by atoms with Gasteiger partial charge in [-0.15, -0.1) is 0 Å². The normalized spacial score (nSPS) is 17.7. The maximum atomic E-state index is 13.6. The van der Waals surface area contributed by atoms with Crippen molar-refractivity contribution < 1.29 is 13.9 Å². The first kappa shape index (κ1) is 19.7. The van der Waals surface area contributed by atoms with E-state index in [0.717, 1.165) is 50.7 Å². The second-order valence-corrected chi connectivity index (χ2v) is 6.19. The highest BCUT2D eigenvalue weighted by atomic mass is 19.1. The summed E-state index contributed by atoms with van der Waals surface area (Å²) in [4.78, 5) is 4.53. The van der Waals surface area contributed by atoms with Crippen molar-refractivity contribution in [1.82, 2.24) is 10.6 Å². The highest BCUT2D eigenvalue weighted by Gasteiger charge is 2.15. The molecular formula is C19H30FN3O2. The molecule has 0 spiro atoms. The largest absolute Gasteiger partial charge is 0.381 e. The van der Waals surface area contributed by atoms with Gasteiger partial charge in [0.15, 0.2) is 5.96 Å². The minimum Gasteiger partial charge on any atom is -0.381 e. The van der Waals surface area contributed by atoms with Crippen LogP contribution < -0.4 is 10.6 Å². The molecule has 1 saturated heterocycles. The number of halogens is 1. The number of aliphatic imine (C=N–C) groups is 1. The molecule has 0 saturated carbocycles. The number of ether oxygens (including phenoxy) is 2. The monoisotopic (exact) mass is 351 g/mol. The maximum Gasteiger partial charge on any atom is 0.191 e. The van der Waals surface area contributed by atoms with Crippen molar-refractivity contribution in [3.63, 3.8) is 0 Å². The molecule has 0 radical (unpaired) electrons. The highest BCUT2D eigenvalue weighted by molar-refractivity contribution is 5.79. The quantitative estimate of drug-likeness (QED) is 0.386. The summed E-state index contributed by atoms with van der Waals surface area (Å²) in [6, 6.07) is 6.87. The van der Waals surface area contributed by atoms with Crippen LogP contribution in [0, 0.1) is 11.7 Å². The molecule has 1 aromatic carbocycles. The van der Waals surface area contributed by atoms with Gasteiger partial charge in [-0.2, -0.15) is 0 Å². The van der Waals surface area contributed by atoms with Crippen molar-refractivity contribution >= 4 is 5.96 Å². The van der Waals surface area contributed by atoms with E-state index in [0.29, 0.717) is 32.0 Å². The van der Waals surface area contributed by atoms with Crippen LogP contribution >= 0.6 is 0 Å². The summed E-state index contributed by atoms with van der Waals surface area (Å²) in [6.07, 6.45) is 2.62. The fraction of sp³-hybridized carbons (Fsp3) is 0.632. The van der Waals surface area contributed by atoms with Gasteiger partial charge in [0.05, 0.1) is 13.2 Å². The van der Waals surface area contributed by atoms with Crippen LogP contribution in [0.4, 0.5) is 4.39 Å². The van der Waals surface area contributed by atoms with Gasteiger partial charge in [-0.25, -0.2) is 4.39 Å². The molecule has 5 nitrogen and oxygen atoms in total. The van der Waals surface area contributed by atoms with Crippen LogP contribution in [-0.2, 0) is 15.9 Å². The summed E-state index contributed by atoms with van der Waals surface area (Å²) in [5, 5.41) is 6.45. The van der Waals surface area contributed by atoms with E-state index in [4.69, 9.17) is 9.47 Å². The molecule has 140 valence electrons. The smallest absolute Gasteiger partial charge is 0.191 e. The molecule has 0 aliphatic carbocycles. The first-order valence-corrected chi connectivity index (χ1v) is 9.20. The Morgan fingerprint density at radius 3 is 3.00 bits per heavy atom. The third-order valence-electron chi connectivity index (χ3n) is 4.08. The standard InChI is InChI=1S/C19H30FN3O2/c1-2-21-19(23-11-8-17-6-3-4-7-18(17)20)22-10-5-12-24-14-16-9-13-25-15-16/h3-4,6-7,16H,2,5,8-15H2,1H3,(H2,21,22,23). The first-order chi connectivity index (χ1) is 12.3. The summed E-state index contributed by atoms with van der Waals surface area (Å²) in [6.45, 7) is 7.36. The molecule has 1 atom stereocenters. The van der Waals surface area contributed by atoms with Crippen LogP contribution in [0.15, 0.2) is 29.3 Å². The second kappa shape index (κ2) is 11.8. The van der Waals surface area contributed by atoms with Crippen molar-refractivity contribution in [3.8, 4) is 0 Å². The lowest BCUT2D eigenvalue weighted by Crippen LogP contribution is -2.38. The summed E-state index contributed by atoms with van der Waals surface area (Å²) in [5.74, 6) is 1.17. The van der Waals surface area contributed by atoms with Crippen LogP contribution in [0.5, 0.6) is 0 Å². The Balaban J connectivity index is 1.61. The molecule has 1 aromatic rings. The van der Waals surface area contributed by atoms with E-state index in [-0.39, 0.29) is 5.82 Å². The predicted octanol–water partition coefficient (Wildman–Crippen LogP) is 2.37. The minimum atomic E-state index is -0.156. The van der Waals surface area contributed by atoms with Crippen molar-refractivity contribution in [2.75, 3.05) is 46.1 Å². The van der Waals surface area contributed by atoms with E-state index >= 15 is 0 Å². The number of rotatable bonds is 10. The SMILES string of the molecule is CCNC(=NCCCOCC1CCOC1)NCCc1ccccc1F. The summed E-state index contributed by atoms with van der Waals surface area (Å²) < 4.78 is 24.6. The summed E-state index contributed by atoms with van der Waals surface area (Å²) in [7, 11) is 0. The Bertz CT molecular complexity index is 519. The van der Waals surface area contributed by atoms with Crippen LogP contribution in [0.1, 0.15) is 25.3 Å². The number of benzene rings is 1. The Hall–Kier alpha value is -1.66. The van der Waals surface area contributed by atoms with Crippen molar-refractivity contribution in [2.24, 2.45) is 10.9 Å². The third kappa shape index (κ3) is 7.84. The Kier molecular flexibility index (Phi) is 9.29. The van der Waals surface area contributed by atoms with E-state index < -0.39 is 0 Å². The van der Waals surface area contributed by atoms with E-state index in [9.17, 15) is 4.39 Å². The zero-order chi connectivity index (χ0) is 17.7. The Labute approximate surface area is 150 Å². The van der Waals surface area contributed by atoms with E-state index in [2.05, 4.69) is 15.6 Å². The fourth-order valence-electron chi connectivity index (χ4n) is 2.68. The number of nitrogens with one attached hydrogen (secondary N) is 2. The van der Waals surface area contributed by atoms with E-state index in [1.807, 2.05) is 19.1 Å². The van der Waals surface area contributed by atoms with Crippen molar-refractivity contribution in [2.45, 2.75) is 26.2 Å². The molecule has 0 aromatic heterocycles. The molecule has 1 unspecified atom stereocenters. The van der Waals surface area contributed by atoms with Crippen molar-refractivity contribution in [1.29, 1.82) is 0 Å². The van der Waals surface area contributed by atoms with E-state index in [1.54, 1.807) is 6.07 Å². The van der Waals surface area contributed by atoms with Gasteiger partial charge in [0.1, 0.15) is 5.82 Å². The average molecular weight is 351 g/mol. The molecule has 25 heavy (non-hydrogen) atoms. The molecule has 6 heteroatoms. The van der Waals surface area contributed by atoms with Gasteiger partial charge in [-0.1, -0.05) is 18.2 Å². The van der Waals surface area contributed by atoms with Crippen LogP contribution in [0.2, 0.25) is 0 Å². The van der Waals surface area contributed by atoms with Gasteiger partial charge in [-0.3, -0.25) is 4.99 Å². The molecule has 1 heterocycles. The zero-order valence-corrected chi connectivity index (χ0v) is 15.1. The lowest BCUT2D eigenvalue weighted by Gasteiger charge is -2.12.